The van der Waals surface area contributed by atoms with Crippen molar-refractivity contribution in [3.63, 3.8) is 0 Å². The summed E-state index contributed by atoms with van der Waals surface area (Å²) in [5, 5.41) is 0. The highest BCUT2D eigenvalue weighted by Gasteiger charge is 2.23. The van der Waals surface area contributed by atoms with Crippen molar-refractivity contribution >= 4 is 22.0 Å². The average Bonchev–Trinajstić information content (AvgIpc) is 2.98. The maximum Gasteiger partial charge on any atom is 0.329 e. The molecule has 20 heavy (non-hydrogen) atoms. The molecule has 2 rings (SSSR count). The van der Waals surface area contributed by atoms with E-state index in [-0.39, 0.29) is 12.1 Å². The number of rotatable bonds is 4. The monoisotopic (exact) mass is 335 g/mol. The Morgan fingerprint density at radius 2 is 2.20 bits per heavy atom. The van der Waals surface area contributed by atoms with E-state index in [0.29, 0.717) is 6.54 Å². The fourth-order valence-electron chi connectivity index (χ4n) is 2.20. The summed E-state index contributed by atoms with van der Waals surface area (Å²) in [5.41, 5.74) is 1.11. The highest BCUT2D eigenvalue weighted by Crippen LogP contribution is 2.28. The normalized spacial score (nSPS) is 12.2. The zero-order valence-electron chi connectivity index (χ0n) is 11.7. The first kappa shape index (κ1) is 14.8. The second-order valence-corrected chi connectivity index (χ2v) is 5.50. The van der Waals surface area contributed by atoms with Crippen molar-refractivity contribution in [2.24, 2.45) is 0 Å². The van der Waals surface area contributed by atoms with Gasteiger partial charge in [-0.25, -0.2) is 9.78 Å². The van der Waals surface area contributed by atoms with Crippen LogP contribution < -0.4 is 0 Å². The van der Waals surface area contributed by atoms with Gasteiger partial charge in [-0.15, -0.1) is 0 Å². The zero-order chi connectivity index (χ0) is 14.5. The molecule has 0 fully saturated rings. The SMILES string of the molecule is CCCN(C(=O)n1ccnc1)C(C)c1ccccc1Br. The number of carbonyl (C=O) groups excluding carboxylic acids is 1. The molecule has 0 saturated carbocycles. The van der Waals surface area contributed by atoms with Crippen LogP contribution in [0.2, 0.25) is 0 Å². The van der Waals surface area contributed by atoms with Gasteiger partial charge in [-0.2, -0.15) is 0 Å². The molecule has 106 valence electrons. The molecule has 1 heterocycles. The molecule has 5 heteroatoms. The minimum absolute atomic E-state index is 0.000394. The van der Waals surface area contributed by atoms with Crippen molar-refractivity contribution < 1.29 is 4.79 Å². The van der Waals surface area contributed by atoms with Gasteiger partial charge in [-0.3, -0.25) is 4.57 Å². The van der Waals surface area contributed by atoms with E-state index in [1.54, 1.807) is 12.4 Å². The molecule has 0 radical (unpaired) electrons. The summed E-state index contributed by atoms with van der Waals surface area (Å²) in [7, 11) is 0. The first-order valence-corrected chi connectivity index (χ1v) is 7.47. The Hall–Kier alpha value is -1.62. The Bertz CT molecular complexity index is 568. The standard InChI is InChI=1S/C15H18BrN3O/c1-3-9-19(15(20)18-10-8-17-11-18)12(2)13-6-4-5-7-14(13)16/h4-8,10-12H,3,9H2,1-2H3. The van der Waals surface area contributed by atoms with E-state index in [0.717, 1.165) is 16.5 Å². The third-order valence-electron chi connectivity index (χ3n) is 3.26. The molecule has 0 bridgehead atoms. The highest BCUT2D eigenvalue weighted by atomic mass is 79.9. The number of imidazole rings is 1. The molecule has 1 aromatic heterocycles. The number of aromatic nitrogens is 2. The molecule has 1 amide bonds. The number of halogens is 1. The minimum atomic E-state index is -0.0485. The molecular weight excluding hydrogens is 318 g/mol. The van der Waals surface area contributed by atoms with Gasteiger partial charge in [0.25, 0.3) is 0 Å². The van der Waals surface area contributed by atoms with Gasteiger partial charge >= 0.3 is 6.03 Å². The van der Waals surface area contributed by atoms with Crippen LogP contribution in [-0.4, -0.2) is 27.0 Å². The molecular formula is C15H18BrN3O. The number of benzene rings is 1. The van der Waals surface area contributed by atoms with Crippen LogP contribution in [-0.2, 0) is 0 Å². The average molecular weight is 336 g/mol. The Morgan fingerprint density at radius 1 is 1.45 bits per heavy atom. The van der Waals surface area contributed by atoms with Gasteiger partial charge in [-0.1, -0.05) is 41.1 Å². The van der Waals surface area contributed by atoms with E-state index >= 15 is 0 Å². The largest absolute Gasteiger partial charge is 0.329 e. The third-order valence-corrected chi connectivity index (χ3v) is 3.98. The summed E-state index contributed by atoms with van der Waals surface area (Å²) in [6.45, 7) is 4.82. The number of hydrogen-bond acceptors (Lipinski definition) is 2. The van der Waals surface area contributed by atoms with Crippen LogP contribution in [0, 0.1) is 0 Å². The fourth-order valence-corrected chi connectivity index (χ4v) is 2.81. The molecule has 1 unspecified atom stereocenters. The maximum absolute atomic E-state index is 12.6. The van der Waals surface area contributed by atoms with Crippen molar-refractivity contribution in [2.45, 2.75) is 26.3 Å². The molecule has 0 aliphatic heterocycles. The Labute approximate surface area is 127 Å². The predicted octanol–water partition coefficient (Wildman–Crippen LogP) is 4.09. The number of nitrogens with zero attached hydrogens (tertiary/aromatic N) is 3. The number of hydrogen-bond donors (Lipinski definition) is 0. The van der Waals surface area contributed by atoms with Gasteiger partial charge in [0.05, 0.1) is 6.04 Å². The lowest BCUT2D eigenvalue weighted by atomic mass is 10.1. The van der Waals surface area contributed by atoms with E-state index in [2.05, 4.69) is 27.8 Å². The first-order chi connectivity index (χ1) is 9.65. The molecule has 1 atom stereocenters. The van der Waals surface area contributed by atoms with E-state index in [1.807, 2.05) is 36.1 Å². The molecule has 0 saturated heterocycles. The summed E-state index contributed by atoms with van der Waals surface area (Å²) >= 11 is 3.56. The zero-order valence-corrected chi connectivity index (χ0v) is 13.2. The van der Waals surface area contributed by atoms with Crippen LogP contribution in [0.5, 0.6) is 0 Å². The van der Waals surface area contributed by atoms with E-state index < -0.39 is 0 Å². The molecule has 1 aromatic carbocycles. The van der Waals surface area contributed by atoms with Gasteiger partial charge in [0.15, 0.2) is 0 Å². The Balaban J connectivity index is 2.29. The van der Waals surface area contributed by atoms with Gasteiger partial charge in [0.1, 0.15) is 6.33 Å². The van der Waals surface area contributed by atoms with Gasteiger partial charge in [0, 0.05) is 23.4 Å². The number of amides is 1. The van der Waals surface area contributed by atoms with Gasteiger partial charge in [-0.05, 0) is 25.0 Å². The highest BCUT2D eigenvalue weighted by molar-refractivity contribution is 9.10. The summed E-state index contributed by atoms with van der Waals surface area (Å²) < 4.78 is 2.54. The Kier molecular flexibility index (Phi) is 4.95. The molecule has 0 spiro atoms. The lowest BCUT2D eigenvalue weighted by Crippen LogP contribution is -2.37. The van der Waals surface area contributed by atoms with Crippen molar-refractivity contribution in [1.29, 1.82) is 0 Å². The van der Waals surface area contributed by atoms with Crippen LogP contribution in [0.4, 0.5) is 4.79 Å². The summed E-state index contributed by atoms with van der Waals surface area (Å²) in [5.74, 6) is 0. The van der Waals surface area contributed by atoms with Crippen molar-refractivity contribution in [1.82, 2.24) is 14.5 Å². The van der Waals surface area contributed by atoms with Crippen LogP contribution in [0.25, 0.3) is 0 Å². The van der Waals surface area contributed by atoms with E-state index in [4.69, 9.17) is 0 Å². The van der Waals surface area contributed by atoms with E-state index in [9.17, 15) is 4.79 Å². The fraction of sp³-hybridized carbons (Fsp3) is 0.333. The molecule has 0 N–H and O–H groups in total. The first-order valence-electron chi connectivity index (χ1n) is 6.68. The summed E-state index contributed by atoms with van der Waals surface area (Å²) in [6, 6.07) is 7.95. The van der Waals surface area contributed by atoms with Crippen molar-refractivity contribution in [2.75, 3.05) is 6.54 Å². The maximum atomic E-state index is 12.6. The van der Waals surface area contributed by atoms with Crippen LogP contribution in [0.15, 0.2) is 47.5 Å². The summed E-state index contributed by atoms with van der Waals surface area (Å²) in [4.78, 5) is 18.4. The topological polar surface area (TPSA) is 38.1 Å². The van der Waals surface area contributed by atoms with Gasteiger partial charge in [0.2, 0.25) is 0 Å². The Morgan fingerprint density at radius 3 is 2.80 bits per heavy atom. The lowest BCUT2D eigenvalue weighted by molar-refractivity contribution is 0.180. The molecule has 4 nitrogen and oxygen atoms in total. The van der Waals surface area contributed by atoms with Gasteiger partial charge < -0.3 is 4.90 Å². The molecule has 0 aliphatic carbocycles. The smallest absolute Gasteiger partial charge is 0.317 e. The second-order valence-electron chi connectivity index (χ2n) is 4.64. The third kappa shape index (κ3) is 3.10. The van der Waals surface area contributed by atoms with Crippen LogP contribution in [0.1, 0.15) is 31.9 Å². The van der Waals surface area contributed by atoms with Crippen LogP contribution >= 0.6 is 15.9 Å². The van der Waals surface area contributed by atoms with E-state index in [1.165, 1.54) is 10.9 Å². The predicted molar refractivity (Wildman–Crippen MR) is 82.6 cm³/mol. The van der Waals surface area contributed by atoms with Crippen LogP contribution in [0.3, 0.4) is 0 Å². The molecule has 2 aromatic rings. The van der Waals surface area contributed by atoms with Crippen molar-refractivity contribution in [3.05, 3.63) is 53.0 Å². The second kappa shape index (κ2) is 6.70. The minimum Gasteiger partial charge on any atom is -0.317 e. The lowest BCUT2D eigenvalue weighted by Gasteiger charge is -2.29. The molecule has 0 aliphatic rings. The van der Waals surface area contributed by atoms with Crippen molar-refractivity contribution in [3.8, 4) is 0 Å². The number of carbonyl (C=O) groups is 1. The quantitative estimate of drug-likeness (QED) is 0.843. The summed E-state index contributed by atoms with van der Waals surface area (Å²) in [6.07, 6.45) is 5.75.